The molecule has 0 bridgehead atoms. The summed E-state index contributed by atoms with van der Waals surface area (Å²) in [5.41, 5.74) is 0.543. The highest BCUT2D eigenvalue weighted by molar-refractivity contribution is 5.92. The van der Waals surface area contributed by atoms with Gasteiger partial charge >= 0.3 is 0 Å². The van der Waals surface area contributed by atoms with Gasteiger partial charge in [-0.05, 0) is 25.5 Å². The number of nitrogens with one attached hydrogen (secondary N) is 1. The van der Waals surface area contributed by atoms with Gasteiger partial charge in [-0.25, -0.2) is 0 Å². The van der Waals surface area contributed by atoms with Crippen molar-refractivity contribution < 1.29 is 9.90 Å². The van der Waals surface area contributed by atoms with E-state index in [0.29, 0.717) is 31.4 Å². The third kappa shape index (κ3) is 4.44. The molecule has 0 aromatic carbocycles. The highest BCUT2D eigenvalue weighted by Crippen LogP contribution is 2.16. The van der Waals surface area contributed by atoms with Crippen molar-refractivity contribution in [2.75, 3.05) is 52.4 Å². The molecular formula is C15H26ClN5O2. The molecular weight excluding hydrogens is 318 g/mol. The molecule has 2 aliphatic rings. The molecule has 3 heterocycles. The predicted molar refractivity (Wildman–Crippen MR) is 90.0 cm³/mol. The monoisotopic (exact) mass is 343 g/mol. The highest BCUT2D eigenvalue weighted by atomic mass is 35.5. The number of carbonyl (C=O) groups is 1. The average molecular weight is 344 g/mol. The second kappa shape index (κ2) is 8.63. The second-order valence-corrected chi connectivity index (χ2v) is 6.04. The van der Waals surface area contributed by atoms with E-state index in [9.17, 15) is 4.79 Å². The third-order valence-electron chi connectivity index (χ3n) is 4.55. The van der Waals surface area contributed by atoms with Gasteiger partial charge in [0.25, 0.3) is 5.91 Å². The molecule has 0 saturated carbocycles. The molecule has 1 atom stereocenters. The number of aromatic nitrogens is 2. The number of piperidine rings is 1. The minimum atomic E-state index is 0. The van der Waals surface area contributed by atoms with E-state index in [1.807, 2.05) is 21.8 Å². The molecule has 1 unspecified atom stereocenters. The number of hydrogen-bond acceptors (Lipinski definition) is 5. The Morgan fingerprint density at radius 3 is 2.78 bits per heavy atom. The summed E-state index contributed by atoms with van der Waals surface area (Å²) in [7, 11) is 0. The number of aliphatic hydroxyl groups excluding tert-OH is 1. The minimum absolute atomic E-state index is 0. The van der Waals surface area contributed by atoms with Crippen LogP contribution in [0.25, 0.3) is 0 Å². The van der Waals surface area contributed by atoms with Crippen LogP contribution in [0.2, 0.25) is 0 Å². The van der Waals surface area contributed by atoms with E-state index < -0.39 is 0 Å². The van der Waals surface area contributed by atoms with Crippen molar-refractivity contribution in [3.63, 3.8) is 0 Å². The maximum absolute atomic E-state index is 12.5. The van der Waals surface area contributed by atoms with Gasteiger partial charge in [0, 0.05) is 45.5 Å². The lowest BCUT2D eigenvalue weighted by Crippen LogP contribution is -2.49. The Balaban J connectivity index is 0.00000192. The Hall–Kier alpha value is -1.15. The van der Waals surface area contributed by atoms with Gasteiger partial charge in [-0.2, -0.15) is 5.10 Å². The number of carbonyl (C=O) groups excluding carboxylic acids is 1. The summed E-state index contributed by atoms with van der Waals surface area (Å²) in [6.07, 6.45) is 4.19. The molecule has 23 heavy (non-hydrogen) atoms. The molecule has 1 aromatic heterocycles. The van der Waals surface area contributed by atoms with Crippen molar-refractivity contribution >= 4 is 18.3 Å². The molecule has 0 aliphatic carbocycles. The van der Waals surface area contributed by atoms with Gasteiger partial charge in [-0.15, -0.1) is 12.4 Å². The van der Waals surface area contributed by atoms with E-state index in [2.05, 4.69) is 15.3 Å². The van der Waals surface area contributed by atoms with Crippen LogP contribution >= 0.6 is 12.4 Å². The maximum atomic E-state index is 12.5. The molecule has 2 saturated heterocycles. The van der Waals surface area contributed by atoms with E-state index in [0.717, 1.165) is 39.0 Å². The molecule has 0 radical (unpaired) electrons. The van der Waals surface area contributed by atoms with Gasteiger partial charge in [0.2, 0.25) is 0 Å². The molecule has 8 heteroatoms. The summed E-state index contributed by atoms with van der Waals surface area (Å²) in [5.74, 6) is 0.0196. The largest absolute Gasteiger partial charge is 0.395 e. The lowest BCUT2D eigenvalue weighted by atomic mass is 10.1. The van der Waals surface area contributed by atoms with Gasteiger partial charge in [0.1, 0.15) is 5.69 Å². The molecule has 3 rings (SSSR count). The van der Waals surface area contributed by atoms with Crippen molar-refractivity contribution in [3.8, 4) is 0 Å². The molecule has 7 nitrogen and oxygen atoms in total. The Bertz CT molecular complexity index is 496. The number of hydrogen-bond donors (Lipinski definition) is 2. The number of β-amino-alcohol motifs (C(OH)–C–C–N with tert-alkyl or cyclic N) is 1. The number of amides is 1. The summed E-state index contributed by atoms with van der Waals surface area (Å²) in [5, 5.41) is 16.8. The van der Waals surface area contributed by atoms with E-state index >= 15 is 0 Å². The first-order valence-corrected chi connectivity index (χ1v) is 8.16. The Morgan fingerprint density at radius 2 is 2.13 bits per heavy atom. The molecule has 1 aromatic rings. The second-order valence-electron chi connectivity index (χ2n) is 6.04. The van der Waals surface area contributed by atoms with Crippen LogP contribution in [-0.4, -0.2) is 83.0 Å². The summed E-state index contributed by atoms with van der Waals surface area (Å²) in [4.78, 5) is 16.6. The van der Waals surface area contributed by atoms with Crippen LogP contribution in [0.1, 0.15) is 29.4 Å². The number of piperazine rings is 1. The van der Waals surface area contributed by atoms with Crippen LogP contribution < -0.4 is 5.32 Å². The Morgan fingerprint density at radius 1 is 1.35 bits per heavy atom. The predicted octanol–water partition coefficient (Wildman–Crippen LogP) is -0.0205. The number of rotatable bonds is 4. The minimum Gasteiger partial charge on any atom is -0.395 e. The normalized spacial score (nSPS) is 22.7. The van der Waals surface area contributed by atoms with Crippen molar-refractivity contribution in [2.45, 2.75) is 18.9 Å². The van der Waals surface area contributed by atoms with E-state index in [1.54, 1.807) is 0 Å². The fourth-order valence-corrected chi connectivity index (χ4v) is 3.19. The lowest BCUT2D eigenvalue weighted by Gasteiger charge is -2.34. The SMILES string of the molecule is Cl.O=C(c1ccn(C2CCCNC2)n1)N1CCN(CCO)CC1. The molecule has 130 valence electrons. The standard InChI is InChI=1S/C15H25N5O2.ClH/c21-11-10-18-6-8-19(9-7-18)15(22)14-3-5-20(17-14)13-2-1-4-16-12-13;/h3,5,13,16,21H,1-2,4,6-12H2;1H. The van der Waals surface area contributed by atoms with Crippen molar-refractivity contribution in [1.29, 1.82) is 0 Å². The smallest absolute Gasteiger partial charge is 0.274 e. The number of aliphatic hydroxyl groups is 1. The van der Waals surface area contributed by atoms with Gasteiger partial charge in [-0.1, -0.05) is 0 Å². The summed E-state index contributed by atoms with van der Waals surface area (Å²) in [6.45, 7) is 5.91. The third-order valence-corrected chi connectivity index (χ3v) is 4.55. The number of nitrogens with zero attached hydrogens (tertiary/aromatic N) is 4. The first-order valence-electron chi connectivity index (χ1n) is 8.16. The van der Waals surface area contributed by atoms with Crippen LogP contribution in [-0.2, 0) is 0 Å². The van der Waals surface area contributed by atoms with Crippen LogP contribution in [0.15, 0.2) is 12.3 Å². The molecule has 2 aliphatic heterocycles. The zero-order valence-corrected chi connectivity index (χ0v) is 14.2. The molecule has 2 fully saturated rings. The fourth-order valence-electron chi connectivity index (χ4n) is 3.19. The lowest BCUT2D eigenvalue weighted by molar-refractivity contribution is 0.0608. The van der Waals surface area contributed by atoms with E-state index in [-0.39, 0.29) is 24.9 Å². The Labute approximate surface area is 143 Å². The number of halogens is 1. The summed E-state index contributed by atoms with van der Waals surface area (Å²) in [6, 6.07) is 2.19. The average Bonchev–Trinajstić information content (AvgIpc) is 3.06. The first kappa shape index (κ1) is 18.2. The van der Waals surface area contributed by atoms with E-state index in [4.69, 9.17) is 5.11 Å². The van der Waals surface area contributed by atoms with Crippen molar-refractivity contribution in [1.82, 2.24) is 24.9 Å². The summed E-state index contributed by atoms with van der Waals surface area (Å²) < 4.78 is 1.93. The van der Waals surface area contributed by atoms with Crippen LogP contribution in [0.3, 0.4) is 0 Å². The van der Waals surface area contributed by atoms with Crippen LogP contribution in [0.4, 0.5) is 0 Å². The molecule has 1 amide bonds. The van der Waals surface area contributed by atoms with E-state index in [1.165, 1.54) is 0 Å². The zero-order chi connectivity index (χ0) is 15.4. The summed E-state index contributed by atoms with van der Waals surface area (Å²) >= 11 is 0. The maximum Gasteiger partial charge on any atom is 0.274 e. The first-order chi connectivity index (χ1) is 10.8. The van der Waals surface area contributed by atoms with Crippen LogP contribution in [0, 0.1) is 0 Å². The van der Waals surface area contributed by atoms with Crippen molar-refractivity contribution in [2.24, 2.45) is 0 Å². The molecule has 2 N–H and O–H groups in total. The van der Waals surface area contributed by atoms with Gasteiger partial charge in [-0.3, -0.25) is 14.4 Å². The van der Waals surface area contributed by atoms with Crippen molar-refractivity contribution in [3.05, 3.63) is 18.0 Å². The zero-order valence-electron chi connectivity index (χ0n) is 13.4. The topological polar surface area (TPSA) is 73.6 Å². The Kier molecular flexibility index (Phi) is 6.83. The quantitative estimate of drug-likeness (QED) is 0.804. The van der Waals surface area contributed by atoms with Gasteiger partial charge in [0.05, 0.1) is 12.6 Å². The fraction of sp³-hybridized carbons (Fsp3) is 0.733. The van der Waals surface area contributed by atoms with Gasteiger partial charge < -0.3 is 15.3 Å². The van der Waals surface area contributed by atoms with Crippen LogP contribution in [0.5, 0.6) is 0 Å². The highest BCUT2D eigenvalue weighted by Gasteiger charge is 2.24. The van der Waals surface area contributed by atoms with Gasteiger partial charge in [0.15, 0.2) is 0 Å². The molecule has 0 spiro atoms.